The highest BCUT2D eigenvalue weighted by atomic mass is 35.5. The van der Waals surface area contributed by atoms with E-state index in [-0.39, 0.29) is 5.56 Å². The van der Waals surface area contributed by atoms with E-state index in [0.29, 0.717) is 35.1 Å². The lowest BCUT2D eigenvalue weighted by Gasteiger charge is -2.16. The molecule has 1 aliphatic rings. The molecule has 3 N–H and O–H groups in total. The van der Waals surface area contributed by atoms with Crippen molar-refractivity contribution in [2.45, 2.75) is 12.1 Å². The number of β-amino-alcohol motifs (C(OH)–C–C–N with tert-alkyl or cyclic N) is 1. The van der Waals surface area contributed by atoms with Crippen molar-refractivity contribution in [3.63, 3.8) is 0 Å². The number of aromatic nitrogens is 4. The average Bonchev–Trinajstić information content (AvgIpc) is 3.31. The van der Waals surface area contributed by atoms with E-state index in [1.54, 1.807) is 42.2 Å². The van der Waals surface area contributed by atoms with Gasteiger partial charge in [-0.15, -0.1) is 0 Å². The average molecular weight is 415 g/mol. The molecule has 2 aromatic heterocycles. The Balaban J connectivity index is 1.80. The van der Waals surface area contributed by atoms with Gasteiger partial charge in [0.1, 0.15) is 11.3 Å². The molecular weight excluding hydrogens is 396 g/mol. The van der Waals surface area contributed by atoms with Gasteiger partial charge in [-0.1, -0.05) is 23.7 Å². The van der Waals surface area contributed by atoms with Gasteiger partial charge in [-0.2, -0.15) is 14.9 Å². The van der Waals surface area contributed by atoms with Gasteiger partial charge in [-0.3, -0.25) is 14.3 Å². The molecule has 4 rings (SSSR count). The molecule has 1 aliphatic heterocycles. The second kappa shape index (κ2) is 7.78. The summed E-state index contributed by atoms with van der Waals surface area (Å²) in [5.74, 6) is -0.571. The van der Waals surface area contributed by atoms with Crippen molar-refractivity contribution in [1.29, 1.82) is 0 Å². The Kier molecular flexibility index (Phi) is 5.18. The third kappa shape index (κ3) is 3.93. The second-order valence-corrected chi connectivity index (χ2v) is 7.28. The van der Waals surface area contributed by atoms with Crippen LogP contribution in [-0.2, 0) is 7.05 Å². The number of hydrogen-bond donors (Lipinski definition) is 3. The Morgan fingerprint density at radius 3 is 2.69 bits per heavy atom. The monoisotopic (exact) mass is 414 g/mol. The summed E-state index contributed by atoms with van der Waals surface area (Å²) in [6.07, 6.45) is 2.41. The van der Waals surface area contributed by atoms with Crippen molar-refractivity contribution in [3.8, 4) is 16.9 Å². The van der Waals surface area contributed by atoms with Crippen molar-refractivity contribution >= 4 is 17.5 Å². The van der Waals surface area contributed by atoms with Crippen molar-refractivity contribution in [1.82, 2.24) is 30.2 Å². The number of rotatable bonds is 4. The highest BCUT2D eigenvalue weighted by Crippen LogP contribution is 2.20. The Morgan fingerprint density at radius 2 is 2.07 bits per heavy atom. The molecule has 9 nitrogen and oxygen atoms in total. The number of nitrogens with one attached hydrogen (secondary N) is 2. The molecule has 0 bridgehead atoms. The molecule has 1 saturated heterocycles. The number of halogens is 1. The zero-order valence-corrected chi connectivity index (χ0v) is 16.3. The molecule has 0 radical (unpaired) electrons. The highest BCUT2D eigenvalue weighted by Gasteiger charge is 2.28. The zero-order chi connectivity index (χ0) is 20.5. The summed E-state index contributed by atoms with van der Waals surface area (Å²) in [5.41, 5.74) is 0.913. The molecule has 3 aromatic rings. The lowest BCUT2D eigenvalue weighted by atomic mass is 10.1. The van der Waals surface area contributed by atoms with Gasteiger partial charge in [0.25, 0.3) is 11.5 Å². The molecule has 2 unspecified atom stereocenters. The van der Waals surface area contributed by atoms with Gasteiger partial charge < -0.3 is 15.7 Å². The highest BCUT2D eigenvalue weighted by molar-refractivity contribution is 6.30. The van der Waals surface area contributed by atoms with Crippen molar-refractivity contribution in [2.75, 3.05) is 13.1 Å². The molecule has 0 saturated carbocycles. The molecule has 150 valence electrons. The van der Waals surface area contributed by atoms with Gasteiger partial charge in [-0.25, -0.2) is 0 Å². The van der Waals surface area contributed by atoms with Gasteiger partial charge in [0.15, 0.2) is 0 Å². The summed E-state index contributed by atoms with van der Waals surface area (Å²) in [4.78, 5) is 25.9. The molecule has 2 atom stereocenters. The van der Waals surface area contributed by atoms with Crippen LogP contribution in [0, 0.1) is 0 Å². The molecule has 0 aliphatic carbocycles. The number of amides is 1. The molecule has 3 heterocycles. The summed E-state index contributed by atoms with van der Waals surface area (Å²) in [6.45, 7) is 0.816. The van der Waals surface area contributed by atoms with Crippen LogP contribution in [0.5, 0.6) is 0 Å². The first-order valence-electron chi connectivity index (χ1n) is 9.01. The maximum absolute atomic E-state index is 13.0. The van der Waals surface area contributed by atoms with Gasteiger partial charge in [0.05, 0.1) is 30.2 Å². The summed E-state index contributed by atoms with van der Waals surface area (Å²) < 4.78 is 2.69. The fraction of sp³-hybridized carbons (Fsp3) is 0.263. The first kappa shape index (κ1) is 19.3. The maximum Gasteiger partial charge on any atom is 0.284 e. The van der Waals surface area contributed by atoms with E-state index >= 15 is 0 Å². The number of benzene rings is 1. The first-order valence-corrected chi connectivity index (χ1v) is 9.39. The van der Waals surface area contributed by atoms with Gasteiger partial charge in [-0.05, 0) is 18.2 Å². The number of carbonyl (C=O) groups excluding carboxylic acids is 1. The maximum atomic E-state index is 13.0. The number of hydrogen-bond acceptors (Lipinski definition) is 6. The predicted molar refractivity (Wildman–Crippen MR) is 107 cm³/mol. The third-order valence-electron chi connectivity index (χ3n) is 4.73. The predicted octanol–water partition coefficient (Wildman–Crippen LogP) is 0.349. The minimum absolute atomic E-state index is 0.0760. The van der Waals surface area contributed by atoms with Gasteiger partial charge in [0, 0.05) is 30.7 Å². The van der Waals surface area contributed by atoms with Gasteiger partial charge >= 0.3 is 0 Å². The summed E-state index contributed by atoms with van der Waals surface area (Å²) in [5, 5.41) is 24.7. The van der Waals surface area contributed by atoms with Crippen LogP contribution in [0.3, 0.4) is 0 Å². The molecule has 1 amide bonds. The Bertz CT molecular complexity index is 1110. The van der Waals surface area contributed by atoms with E-state index < -0.39 is 23.6 Å². The quantitative estimate of drug-likeness (QED) is 0.567. The van der Waals surface area contributed by atoms with Crippen molar-refractivity contribution in [3.05, 3.63) is 63.7 Å². The fourth-order valence-electron chi connectivity index (χ4n) is 3.17. The van der Waals surface area contributed by atoms with Crippen LogP contribution in [0.25, 0.3) is 16.9 Å². The topological polar surface area (TPSA) is 114 Å². The minimum Gasteiger partial charge on any atom is -0.390 e. The van der Waals surface area contributed by atoms with Crippen molar-refractivity contribution in [2.24, 2.45) is 7.05 Å². The van der Waals surface area contributed by atoms with E-state index in [9.17, 15) is 14.7 Å². The van der Waals surface area contributed by atoms with Crippen LogP contribution in [0.2, 0.25) is 5.02 Å². The molecule has 0 spiro atoms. The fourth-order valence-corrected chi connectivity index (χ4v) is 3.30. The zero-order valence-electron chi connectivity index (χ0n) is 15.5. The largest absolute Gasteiger partial charge is 0.390 e. The first-order chi connectivity index (χ1) is 13.9. The Morgan fingerprint density at radius 1 is 1.31 bits per heavy atom. The van der Waals surface area contributed by atoms with Crippen LogP contribution in [0.4, 0.5) is 0 Å². The van der Waals surface area contributed by atoms with E-state index in [1.807, 2.05) is 0 Å². The number of aliphatic hydroxyl groups excluding tert-OH is 1. The molecule has 1 fully saturated rings. The number of aliphatic hydroxyl groups is 1. The Labute approximate surface area is 170 Å². The van der Waals surface area contributed by atoms with E-state index in [2.05, 4.69) is 20.8 Å². The minimum atomic E-state index is -0.711. The van der Waals surface area contributed by atoms with E-state index in [1.165, 1.54) is 12.3 Å². The van der Waals surface area contributed by atoms with Crippen LogP contribution < -0.4 is 16.2 Å². The number of carbonyl (C=O) groups is 1. The lowest BCUT2D eigenvalue weighted by Crippen LogP contribution is -2.45. The van der Waals surface area contributed by atoms with Crippen LogP contribution in [-0.4, -0.2) is 55.8 Å². The SMILES string of the molecule is Cn1cc(-n2nc(-c3ccc(Cl)cc3)cc(C(=O)NC3CNCC3O)c2=O)cn1. The standard InChI is InChI=1S/C19H19ClN6O3/c1-25-10-13(7-22-25)26-19(29)14(18(28)23-16-8-21-9-17(16)27)6-15(24-26)11-2-4-12(20)5-3-11/h2-7,10,16-17,21,27H,8-9H2,1H3,(H,23,28). The summed E-state index contributed by atoms with van der Waals surface area (Å²) >= 11 is 5.96. The van der Waals surface area contributed by atoms with Crippen LogP contribution in [0.15, 0.2) is 47.5 Å². The molecule has 10 heteroatoms. The third-order valence-corrected chi connectivity index (χ3v) is 4.98. The summed E-state index contributed by atoms with van der Waals surface area (Å²) in [6, 6.07) is 7.91. The Hall–Kier alpha value is -3.01. The molecule has 29 heavy (non-hydrogen) atoms. The smallest absolute Gasteiger partial charge is 0.284 e. The lowest BCUT2D eigenvalue weighted by molar-refractivity contribution is 0.0886. The van der Waals surface area contributed by atoms with Crippen LogP contribution >= 0.6 is 11.6 Å². The normalized spacial score (nSPS) is 18.7. The van der Waals surface area contributed by atoms with Crippen LogP contribution in [0.1, 0.15) is 10.4 Å². The number of nitrogens with zero attached hydrogens (tertiary/aromatic N) is 4. The van der Waals surface area contributed by atoms with E-state index in [0.717, 1.165) is 4.68 Å². The summed E-state index contributed by atoms with van der Waals surface area (Å²) in [7, 11) is 1.72. The number of aryl methyl sites for hydroxylation is 1. The second-order valence-electron chi connectivity index (χ2n) is 6.84. The molecule has 1 aromatic carbocycles. The molecular formula is C19H19ClN6O3. The van der Waals surface area contributed by atoms with Gasteiger partial charge in [0.2, 0.25) is 0 Å². The van der Waals surface area contributed by atoms with E-state index in [4.69, 9.17) is 11.6 Å². The van der Waals surface area contributed by atoms with Crippen molar-refractivity contribution < 1.29 is 9.90 Å².